The van der Waals surface area contributed by atoms with Crippen molar-refractivity contribution in [3.63, 3.8) is 0 Å². The van der Waals surface area contributed by atoms with Crippen LogP contribution in [0.4, 0.5) is 10.1 Å². The topological polar surface area (TPSA) is 67.1 Å². The summed E-state index contributed by atoms with van der Waals surface area (Å²) in [4.78, 5) is 14.0. The number of halogens is 1. The van der Waals surface area contributed by atoms with Gasteiger partial charge >= 0.3 is 5.97 Å². The largest absolute Gasteiger partial charge is 0.494 e. The van der Waals surface area contributed by atoms with E-state index >= 15 is 0 Å². The molecule has 3 aromatic rings. The average Bonchev–Trinajstić information content (AvgIpc) is 3.33. The molecule has 6 nitrogen and oxygen atoms in total. The van der Waals surface area contributed by atoms with E-state index in [0.29, 0.717) is 30.0 Å². The van der Waals surface area contributed by atoms with E-state index in [1.807, 2.05) is 26.0 Å². The van der Waals surface area contributed by atoms with Gasteiger partial charge in [0, 0.05) is 24.0 Å². The molecule has 1 saturated heterocycles. The molecule has 7 heteroatoms. The van der Waals surface area contributed by atoms with Gasteiger partial charge in [-0.15, -0.1) is 0 Å². The molecule has 0 saturated carbocycles. The standard InChI is InChI=1S/C22H24FN3O3/c1-3-17-21(22(27)28)19-13-15(9-11-26(19)24-17)25-10-5-6-18(25)16-12-14(23)7-8-20(16)29-4-2/h7-9,11-13,18H,3-6,10H2,1-2H3,(H,27,28). The van der Waals surface area contributed by atoms with E-state index in [1.54, 1.807) is 22.8 Å². The molecular formula is C22H24FN3O3. The van der Waals surface area contributed by atoms with Crippen LogP contribution < -0.4 is 9.64 Å². The first-order valence-corrected chi connectivity index (χ1v) is 9.97. The molecule has 0 aliphatic carbocycles. The van der Waals surface area contributed by atoms with E-state index in [4.69, 9.17) is 4.74 Å². The number of hydrogen-bond acceptors (Lipinski definition) is 4. The lowest BCUT2D eigenvalue weighted by molar-refractivity contribution is 0.0698. The molecule has 3 heterocycles. The summed E-state index contributed by atoms with van der Waals surface area (Å²) in [6.07, 6.45) is 4.18. The van der Waals surface area contributed by atoms with Crippen molar-refractivity contribution in [2.45, 2.75) is 39.2 Å². The van der Waals surface area contributed by atoms with Crippen LogP contribution in [0.5, 0.6) is 5.75 Å². The highest BCUT2D eigenvalue weighted by atomic mass is 19.1. The average molecular weight is 397 g/mol. The molecule has 1 aliphatic heterocycles. The Morgan fingerprint density at radius 3 is 2.86 bits per heavy atom. The number of rotatable bonds is 6. The number of carboxylic acid groups (broad SMARTS) is 1. The van der Waals surface area contributed by atoms with Crippen LogP contribution in [0.2, 0.25) is 0 Å². The highest BCUT2D eigenvalue weighted by Gasteiger charge is 2.30. The fraction of sp³-hybridized carbons (Fsp3) is 0.364. The van der Waals surface area contributed by atoms with Gasteiger partial charge in [0.15, 0.2) is 0 Å². The number of aromatic carboxylic acids is 1. The predicted molar refractivity (Wildman–Crippen MR) is 108 cm³/mol. The van der Waals surface area contributed by atoms with Gasteiger partial charge in [-0.25, -0.2) is 13.7 Å². The van der Waals surface area contributed by atoms with Crippen LogP contribution in [-0.4, -0.2) is 33.8 Å². The number of carboxylic acids is 1. The van der Waals surface area contributed by atoms with E-state index in [-0.39, 0.29) is 17.4 Å². The highest BCUT2D eigenvalue weighted by molar-refractivity contribution is 5.97. The molecule has 152 valence electrons. The zero-order valence-corrected chi connectivity index (χ0v) is 16.6. The van der Waals surface area contributed by atoms with Gasteiger partial charge in [0.25, 0.3) is 0 Å². The minimum absolute atomic E-state index is 0.0310. The number of anilines is 1. The molecule has 0 radical (unpaired) electrons. The molecule has 2 aromatic heterocycles. The van der Waals surface area contributed by atoms with Crippen molar-refractivity contribution in [3.05, 3.63) is 59.2 Å². The van der Waals surface area contributed by atoms with Gasteiger partial charge in [0.2, 0.25) is 0 Å². The highest BCUT2D eigenvalue weighted by Crippen LogP contribution is 2.40. The van der Waals surface area contributed by atoms with Crippen LogP contribution in [-0.2, 0) is 6.42 Å². The Morgan fingerprint density at radius 1 is 1.31 bits per heavy atom. The lowest BCUT2D eigenvalue weighted by Gasteiger charge is -2.28. The van der Waals surface area contributed by atoms with Crippen molar-refractivity contribution < 1.29 is 19.0 Å². The Hall–Kier alpha value is -3.09. The Kier molecular flexibility index (Phi) is 5.13. The van der Waals surface area contributed by atoms with Gasteiger partial charge in [-0.2, -0.15) is 5.10 Å². The molecule has 1 unspecified atom stereocenters. The van der Waals surface area contributed by atoms with E-state index in [2.05, 4.69) is 10.00 Å². The van der Waals surface area contributed by atoms with Gasteiger partial charge in [-0.05, 0) is 56.5 Å². The number of aromatic nitrogens is 2. The summed E-state index contributed by atoms with van der Waals surface area (Å²) >= 11 is 0. The summed E-state index contributed by atoms with van der Waals surface area (Å²) in [5.41, 5.74) is 3.10. The number of pyridine rings is 1. The summed E-state index contributed by atoms with van der Waals surface area (Å²) in [6, 6.07) is 8.41. The van der Waals surface area contributed by atoms with Crippen LogP contribution in [0.25, 0.3) is 5.52 Å². The Balaban J connectivity index is 1.78. The van der Waals surface area contributed by atoms with Crippen LogP contribution in [0, 0.1) is 5.82 Å². The molecular weight excluding hydrogens is 373 g/mol. The smallest absolute Gasteiger partial charge is 0.339 e. The Morgan fingerprint density at radius 2 is 2.14 bits per heavy atom. The van der Waals surface area contributed by atoms with Crippen molar-refractivity contribution >= 4 is 17.2 Å². The maximum absolute atomic E-state index is 14.0. The van der Waals surface area contributed by atoms with E-state index in [1.165, 1.54) is 6.07 Å². The number of nitrogens with zero attached hydrogens (tertiary/aromatic N) is 3. The molecule has 1 N–H and O–H groups in total. The van der Waals surface area contributed by atoms with Gasteiger partial charge in [-0.1, -0.05) is 6.92 Å². The third kappa shape index (κ3) is 3.41. The van der Waals surface area contributed by atoms with Crippen LogP contribution in [0.3, 0.4) is 0 Å². The second kappa shape index (κ2) is 7.73. The zero-order valence-electron chi connectivity index (χ0n) is 16.6. The Bertz CT molecular complexity index is 1060. The summed E-state index contributed by atoms with van der Waals surface area (Å²) in [7, 11) is 0. The first kappa shape index (κ1) is 19.2. The van der Waals surface area contributed by atoms with Crippen molar-refractivity contribution in [2.24, 2.45) is 0 Å². The summed E-state index contributed by atoms with van der Waals surface area (Å²) in [5, 5.41) is 14.1. The lowest BCUT2D eigenvalue weighted by Crippen LogP contribution is -2.23. The fourth-order valence-corrected chi connectivity index (χ4v) is 4.21. The molecule has 1 aromatic carbocycles. The summed E-state index contributed by atoms with van der Waals surface area (Å²) in [5.74, 6) is -0.575. The van der Waals surface area contributed by atoms with Crippen LogP contribution in [0.1, 0.15) is 54.3 Å². The third-order valence-corrected chi connectivity index (χ3v) is 5.45. The lowest BCUT2D eigenvalue weighted by atomic mass is 10.0. The number of aryl methyl sites for hydroxylation is 1. The van der Waals surface area contributed by atoms with Gasteiger partial charge in [-0.3, -0.25) is 0 Å². The molecule has 29 heavy (non-hydrogen) atoms. The Labute approximate surface area is 168 Å². The second-order valence-corrected chi connectivity index (χ2v) is 7.16. The summed E-state index contributed by atoms with van der Waals surface area (Å²) in [6.45, 7) is 5.12. The second-order valence-electron chi connectivity index (χ2n) is 7.16. The number of benzene rings is 1. The zero-order chi connectivity index (χ0) is 20.5. The van der Waals surface area contributed by atoms with Gasteiger partial charge in [0.1, 0.15) is 17.1 Å². The SMILES string of the molecule is CCOc1ccc(F)cc1C1CCCN1c1ccn2nc(CC)c(C(=O)O)c2c1. The number of fused-ring (bicyclic) bond motifs is 1. The molecule has 0 bridgehead atoms. The monoisotopic (exact) mass is 397 g/mol. The van der Waals surface area contributed by atoms with Crippen molar-refractivity contribution in [2.75, 3.05) is 18.1 Å². The van der Waals surface area contributed by atoms with Crippen molar-refractivity contribution in [1.29, 1.82) is 0 Å². The van der Waals surface area contributed by atoms with E-state index in [0.717, 1.165) is 30.6 Å². The molecule has 1 fully saturated rings. The molecule has 4 rings (SSSR count). The van der Waals surface area contributed by atoms with Crippen molar-refractivity contribution in [3.8, 4) is 5.75 Å². The number of ether oxygens (including phenoxy) is 1. The maximum Gasteiger partial charge on any atom is 0.339 e. The third-order valence-electron chi connectivity index (χ3n) is 5.45. The number of hydrogen-bond donors (Lipinski definition) is 1. The maximum atomic E-state index is 14.0. The fourth-order valence-electron chi connectivity index (χ4n) is 4.21. The molecule has 1 atom stereocenters. The molecule has 0 spiro atoms. The van der Waals surface area contributed by atoms with Gasteiger partial charge in [0.05, 0.1) is 23.9 Å². The minimum Gasteiger partial charge on any atom is -0.494 e. The van der Waals surface area contributed by atoms with E-state index < -0.39 is 5.97 Å². The van der Waals surface area contributed by atoms with Gasteiger partial charge < -0.3 is 14.7 Å². The predicted octanol–water partition coefficient (Wildman–Crippen LogP) is 4.47. The van der Waals surface area contributed by atoms with Crippen LogP contribution >= 0.6 is 0 Å². The van der Waals surface area contributed by atoms with Crippen molar-refractivity contribution in [1.82, 2.24) is 9.61 Å². The summed E-state index contributed by atoms with van der Waals surface area (Å²) < 4.78 is 21.4. The minimum atomic E-state index is -0.976. The normalized spacial score (nSPS) is 16.5. The molecule has 1 aliphatic rings. The number of carbonyl (C=O) groups is 1. The first-order chi connectivity index (χ1) is 14.0. The van der Waals surface area contributed by atoms with E-state index in [9.17, 15) is 14.3 Å². The molecule has 0 amide bonds. The quantitative estimate of drug-likeness (QED) is 0.665. The first-order valence-electron chi connectivity index (χ1n) is 9.97. The van der Waals surface area contributed by atoms with Crippen LogP contribution in [0.15, 0.2) is 36.5 Å².